The number of hydrogen-bond donors (Lipinski definition) is 1. The van der Waals surface area contributed by atoms with Crippen molar-refractivity contribution in [2.45, 2.75) is 39.0 Å². The molecule has 1 N–H and O–H groups in total. The van der Waals surface area contributed by atoms with Gasteiger partial charge in [-0.05, 0) is 48.4 Å². The van der Waals surface area contributed by atoms with E-state index in [4.69, 9.17) is 9.15 Å². The number of alkyl halides is 3. The first-order chi connectivity index (χ1) is 21.2. The van der Waals surface area contributed by atoms with Crippen LogP contribution >= 0.6 is 0 Å². The monoisotopic (exact) mass is 622 g/mol. The smallest absolute Gasteiger partial charge is 0.416 e. The number of halogens is 3. The Hall–Kier alpha value is -5.16. The number of aromatic nitrogens is 4. The highest BCUT2D eigenvalue weighted by molar-refractivity contribution is 5.93. The Labute approximate surface area is 256 Å². The number of quaternary nitrogens is 1. The van der Waals surface area contributed by atoms with E-state index in [0.29, 0.717) is 46.6 Å². The SMILES string of the molecule is COC(=O)C1=C(C)N(c2cccc(C(F)(F)F)c2)c2n[nH]c(=O)n2[C@@H]1c1ccc(C#N)cc1CC[N+](C)(C)Cc1coc(C)n1. The lowest BCUT2D eigenvalue weighted by Crippen LogP contribution is -2.41. The molecule has 1 aliphatic rings. The third-order valence-electron chi connectivity index (χ3n) is 7.79. The number of esters is 1. The molecule has 0 amide bonds. The summed E-state index contributed by atoms with van der Waals surface area (Å²) in [5, 5.41) is 16.3. The van der Waals surface area contributed by atoms with Crippen molar-refractivity contribution in [2.24, 2.45) is 0 Å². The van der Waals surface area contributed by atoms with E-state index in [1.165, 1.54) is 28.7 Å². The zero-order chi connectivity index (χ0) is 32.7. The lowest BCUT2D eigenvalue weighted by Gasteiger charge is -2.36. The van der Waals surface area contributed by atoms with Gasteiger partial charge in [0.05, 0.1) is 50.5 Å². The minimum Gasteiger partial charge on any atom is -0.466 e. The summed E-state index contributed by atoms with van der Waals surface area (Å²) < 4.78 is 53.2. The van der Waals surface area contributed by atoms with Gasteiger partial charge in [-0.15, -0.1) is 5.10 Å². The molecule has 11 nitrogen and oxygen atoms in total. The summed E-state index contributed by atoms with van der Waals surface area (Å²) in [6, 6.07) is 10.6. The van der Waals surface area contributed by atoms with Gasteiger partial charge in [-0.3, -0.25) is 4.90 Å². The van der Waals surface area contributed by atoms with Crippen LogP contribution in [0.4, 0.5) is 24.8 Å². The number of fused-ring (bicyclic) bond motifs is 1. The van der Waals surface area contributed by atoms with Crippen LogP contribution in [-0.4, -0.2) is 58.0 Å². The van der Waals surface area contributed by atoms with Gasteiger partial charge in [-0.25, -0.2) is 24.2 Å². The first-order valence-electron chi connectivity index (χ1n) is 13.9. The molecule has 14 heteroatoms. The summed E-state index contributed by atoms with van der Waals surface area (Å²) in [6.45, 7) is 4.48. The topological polar surface area (TPSA) is 130 Å². The summed E-state index contributed by atoms with van der Waals surface area (Å²) in [7, 11) is 5.23. The molecule has 45 heavy (non-hydrogen) atoms. The summed E-state index contributed by atoms with van der Waals surface area (Å²) >= 11 is 0. The lowest BCUT2D eigenvalue weighted by molar-refractivity contribution is -0.903. The Bertz CT molecular complexity index is 1900. The highest BCUT2D eigenvalue weighted by Gasteiger charge is 2.41. The molecule has 0 saturated heterocycles. The molecule has 1 atom stereocenters. The number of aryl methyl sites for hydroxylation is 1. The van der Waals surface area contributed by atoms with E-state index in [1.807, 2.05) is 14.1 Å². The first-order valence-corrected chi connectivity index (χ1v) is 13.9. The standard InChI is InChI=1S/C31H30F3N7O4/c1-18-26(28(42)44-5)27(40-29(37-38-30(40)43)39(18)24-8-6-7-22(14-24)31(32,33)34)25-10-9-20(15-35)13-21(25)11-12-41(3,4)16-23-17-45-19(2)36-23/h6-10,13-14,17,27H,11-12,16H2,1-5H3/p+1/t27-/m1/s1. The minimum atomic E-state index is -4.63. The van der Waals surface area contributed by atoms with Crippen molar-refractivity contribution in [1.29, 1.82) is 5.26 Å². The quantitative estimate of drug-likeness (QED) is 0.220. The lowest BCUT2D eigenvalue weighted by atomic mass is 9.89. The molecular weight excluding hydrogens is 591 g/mol. The number of allylic oxidation sites excluding steroid dienone is 1. The van der Waals surface area contributed by atoms with Crippen molar-refractivity contribution in [3.63, 3.8) is 0 Å². The second-order valence-corrected chi connectivity index (χ2v) is 11.4. The fourth-order valence-corrected chi connectivity index (χ4v) is 5.66. The van der Waals surface area contributed by atoms with E-state index < -0.39 is 29.4 Å². The molecule has 0 unspecified atom stereocenters. The Morgan fingerprint density at radius 2 is 1.96 bits per heavy atom. The molecule has 2 aromatic carbocycles. The van der Waals surface area contributed by atoms with Gasteiger partial charge in [0.1, 0.15) is 24.5 Å². The summed E-state index contributed by atoms with van der Waals surface area (Å²) in [4.78, 5) is 32.5. The Morgan fingerprint density at radius 1 is 1.20 bits per heavy atom. The molecule has 3 heterocycles. The second kappa shape index (κ2) is 11.7. The Balaban J connectivity index is 1.65. The maximum absolute atomic E-state index is 13.6. The molecule has 0 fully saturated rings. The molecule has 234 valence electrons. The fourth-order valence-electron chi connectivity index (χ4n) is 5.66. The maximum atomic E-state index is 13.6. The normalized spacial score (nSPS) is 15.2. The number of ether oxygens (including phenoxy) is 1. The number of carbonyl (C=O) groups excluding carboxylic acids is 1. The molecule has 2 aromatic heterocycles. The van der Waals surface area contributed by atoms with Crippen LogP contribution in [0.25, 0.3) is 0 Å². The molecule has 0 aliphatic carbocycles. The number of nitriles is 1. The van der Waals surface area contributed by atoms with E-state index in [-0.39, 0.29) is 22.9 Å². The molecule has 4 aromatic rings. The van der Waals surface area contributed by atoms with Gasteiger partial charge >= 0.3 is 17.8 Å². The largest absolute Gasteiger partial charge is 0.466 e. The van der Waals surface area contributed by atoms with Gasteiger partial charge in [0.15, 0.2) is 5.89 Å². The van der Waals surface area contributed by atoms with Gasteiger partial charge in [0, 0.05) is 24.7 Å². The van der Waals surface area contributed by atoms with Crippen molar-refractivity contribution in [3.8, 4) is 6.07 Å². The summed E-state index contributed by atoms with van der Waals surface area (Å²) in [5.74, 6) is -0.229. The molecule has 0 radical (unpaired) electrons. The zero-order valence-corrected chi connectivity index (χ0v) is 25.3. The third-order valence-corrected chi connectivity index (χ3v) is 7.79. The van der Waals surface area contributed by atoms with Gasteiger partial charge in [-0.1, -0.05) is 12.1 Å². The van der Waals surface area contributed by atoms with Crippen molar-refractivity contribution < 1.29 is 31.6 Å². The van der Waals surface area contributed by atoms with Crippen LogP contribution in [-0.2, 0) is 28.7 Å². The highest BCUT2D eigenvalue weighted by atomic mass is 19.4. The van der Waals surface area contributed by atoms with Crippen molar-refractivity contribution in [2.75, 3.05) is 32.6 Å². The van der Waals surface area contributed by atoms with Crippen molar-refractivity contribution in [1.82, 2.24) is 19.7 Å². The van der Waals surface area contributed by atoms with Crippen LogP contribution in [0.3, 0.4) is 0 Å². The first kappa shape index (κ1) is 31.3. The van der Waals surface area contributed by atoms with E-state index in [0.717, 1.165) is 17.8 Å². The van der Waals surface area contributed by atoms with E-state index >= 15 is 0 Å². The number of aromatic amines is 1. The van der Waals surface area contributed by atoms with Crippen LogP contribution in [0.15, 0.2) is 69.2 Å². The predicted molar refractivity (Wildman–Crippen MR) is 156 cm³/mol. The predicted octanol–water partition coefficient (Wildman–Crippen LogP) is 4.77. The van der Waals surface area contributed by atoms with Crippen LogP contribution in [0, 0.1) is 18.3 Å². The number of carbonyl (C=O) groups is 1. The van der Waals surface area contributed by atoms with E-state index in [1.54, 1.807) is 38.3 Å². The van der Waals surface area contributed by atoms with Gasteiger partial charge in [0.25, 0.3) is 0 Å². The number of benzene rings is 2. The summed E-state index contributed by atoms with van der Waals surface area (Å²) in [5.41, 5.74) is 1.11. The highest BCUT2D eigenvalue weighted by Crippen LogP contribution is 2.43. The number of nitrogens with one attached hydrogen (secondary N) is 1. The molecular formula is C31H31F3N7O4+. The van der Waals surface area contributed by atoms with Crippen molar-refractivity contribution in [3.05, 3.63) is 104 Å². The van der Waals surface area contributed by atoms with Gasteiger partial charge < -0.3 is 13.6 Å². The average Bonchev–Trinajstić information content (AvgIpc) is 3.58. The molecule has 0 saturated carbocycles. The number of rotatable bonds is 8. The minimum absolute atomic E-state index is 0.0118. The van der Waals surface area contributed by atoms with Crippen LogP contribution in [0.1, 0.15) is 46.8 Å². The third kappa shape index (κ3) is 6.12. The maximum Gasteiger partial charge on any atom is 0.416 e. The van der Waals surface area contributed by atoms with Gasteiger partial charge in [-0.2, -0.15) is 18.4 Å². The number of H-pyrrole nitrogens is 1. The van der Waals surface area contributed by atoms with Gasteiger partial charge in [0.2, 0.25) is 5.95 Å². The van der Waals surface area contributed by atoms with Crippen LogP contribution in [0.2, 0.25) is 0 Å². The fraction of sp³-hybridized carbons (Fsp3) is 0.323. The number of nitrogens with zero attached hydrogens (tertiary/aromatic N) is 6. The average molecular weight is 623 g/mol. The summed E-state index contributed by atoms with van der Waals surface area (Å²) in [6.07, 6.45) is -2.57. The number of methoxy groups -OCH3 is 1. The van der Waals surface area contributed by atoms with Crippen LogP contribution in [0.5, 0.6) is 0 Å². The molecule has 0 spiro atoms. The molecule has 5 rings (SSSR count). The number of likely N-dealkylation sites (N-methyl/N-ethyl adjacent to an activating group) is 1. The van der Waals surface area contributed by atoms with Crippen molar-refractivity contribution >= 4 is 17.6 Å². The number of anilines is 2. The van der Waals surface area contributed by atoms with Crippen LogP contribution < -0.4 is 10.6 Å². The van der Waals surface area contributed by atoms with E-state index in [2.05, 4.69) is 21.3 Å². The van der Waals surface area contributed by atoms with E-state index in [9.17, 15) is 28.0 Å². The Kier molecular flexibility index (Phi) is 8.15. The zero-order valence-electron chi connectivity index (χ0n) is 25.3. The second-order valence-electron chi connectivity index (χ2n) is 11.4. The number of oxazole rings is 1. The number of hydrogen-bond acceptors (Lipinski definition) is 8. The molecule has 0 bridgehead atoms. The molecule has 1 aliphatic heterocycles. The Morgan fingerprint density at radius 3 is 2.60 bits per heavy atom.